The van der Waals surface area contributed by atoms with Crippen molar-refractivity contribution < 1.29 is 19.7 Å². The van der Waals surface area contributed by atoms with Crippen molar-refractivity contribution in [2.24, 2.45) is 0 Å². The Morgan fingerprint density at radius 3 is 2.00 bits per heavy atom. The van der Waals surface area contributed by atoms with Crippen LogP contribution in [0, 0.1) is 46.9 Å². The molecule has 1 aromatic carbocycles. The topological polar surface area (TPSA) is 173 Å². The van der Waals surface area contributed by atoms with E-state index in [9.17, 15) is 40.5 Å². The van der Waals surface area contributed by atoms with Gasteiger partial charge in [-0.25, -0.2) is 0 Å². The van der Waals surface area contributed by atoms with Crippen LogP contribution >= 0.6 is 0 Å². The Morgan fingerprint density at radius 2 is 1.50 bits per heavy atom. The van der Waals surface area contributed by atoms with Gasteiger partial charge in [0.1, 0.15) is 0 Å². The zero-order valence-corrected chi connectivity index (χ0v) is 11.6. The van der Waals surface area contributed by atoms with Crippen molar-refractivity contribution in [3.05, 3.63) is 88.1 Å². The van der Waals surface area contributed by atoms with Crippen LogP contribution in [0.4, 0.5) is 11.4 Å². The average Bonchev–Trinajstić information content (AvgIpc) is 2.52. The fraction of sp³-hybridized carbons (Fsp3) is 0.0833. The first-order valence-electron chi connectivity index (χ1n) is 6.24. The molecule has 0 fully saturated rings. The first-order chi connectivity index (χ1) is 11.3. The molecule has 123 valence electrons. The van der Waals surface area contributed by atoms with Crippen LogP contribution in [-0.2, 0) is 0 Å². The summed E-state index contributed by atoms with van der Waals surface area (Å²) in [7, 11) is 0. The zero-order valence-electron chi connectivity index (χ0n) is 11.6. The van der Waals surface area contributed by atoms with Crippen molar-refractivity contribution >= 4 is 16.9 Å². The lowest BCUT2D eigenvalue weighted by atomic mass is 9.93. The van der Waals surface area contributed by atoms with E-state index in [0.717, 1.165) is 24.6 Å². The molecule has 0 heterocycles. The number of rotatable bonds is 5. The lowest BCUT2D eigenvalue weighted by Crippen LogP contribution is -2.15. The van der Waals surface area contributed by atoms with Gasteiger partial charge in [-0.05, 0) is 12.5 Å². The van der Waals surface area contributed by atoms with Crippen LogP contribution in [0.2, 0.25) is 0 Å². The van der Waals surface area contributed by atoms with E-state index in [2.05, 4.69) is 0 Å². The Labute approximate surface area is 132 Å². The molecule has 12 heteroatoms. The van der Waals surface area contributed by atoms with Crippen molar-refractivity contribution in [3.8, 4) is 0 Å². The number of para-hydroxylation sites is 1. The van der Waals surface area contributed by atoms with Crippen LogP contribution in [0.25, 0.3) is 5.57 Å². The van der Waals surface area contributed by atoms with Gasteiger partial charge < -0.3 is 0 Å². The summed E-state index contributed by atoms with van der Waals surface area (Å²) in [4.78, 5) is 40.4. The normalized spacial score (nSPS) is 14.1. The summed E-state index contributed by atoms with van der Waals surface area (Å²) in [5, 5.41) is 44.4. The molecule has 12 nitrogen and oxygen atoms in total. The number of hydrogen-bond donors (Lipinski definition) is 0. The van der Waals surface area contributed by atoms with E-state index in [0.29, 0.717) is 0 Å². The molecule has 0 unspecified atom stereocenters. The third-order valence-corrected chi connectivity index (χ3v) is 3.19. The fourth-order valence-electron chi connectivity index (χ4n) is 2.30. The number of benzene rings is 1. The molecular formula is C12H7N4O8. The number of nitro groups is 4. The van der Waals surface area contributed by atoms with Crippen LogP contribution in [0.1, 0.15) is 12.0 Å². The molecule has 1 aliphatic rings. The van der Waals surface area contributed by atoms with Crippen LogP contribution in [0.3, 0.4) is 0 Å². The number of nitrogens with zero attached hydrogens (tertiary/aromatic N) is 4. The number of hydrogen-bond acceptors (Lipinski definition) is 8. The Balaban J connectivity index is 2.80. The zero-order chi connectivity index (χ0) is 18.0. The minimum Gasteiger partial charge on any atom is -0.258 e. The van der Waals surface area contributed by atoms with E-state index in [1.807, 2.05) is 0 Å². The summed E-state index contributed by atoms with van der Waals surface area (Å²) in [6.07, 6.45) is 2.09. The van der Waals surface area contributed by atoms with E-state index >= 15 is 0 Å². The molecular weight excluding hydrogens is 328 g/mol. The van der Waals surface area contributed by atoms with Crippen molar-refractivity contribution in [2.45, 2.75) is 6.42 Å². The highest BCUT2D eigenvalue weighted by Gasteiger charge is 2.40. The summed E-state index contributed by atoms with van der Waals surface area (Å²) < 4.78 is 0. The maximum Gasteiger partial charge on any atom is 0.354 e. The highest BCUT2D eigenvalue weighted by Crippen LogP contribution is 2.40. The molecule has 24 heavy (non-hydrogen) atoms. The minimum atomic E-state index is -1.05. The standard InChI is InChI=1S/C12H7N4O8/c17-13(18)9-5-1-3-7(11(9)15(21)22)8-4-2-6-10(14(19)20)12(8)16(23)24/h1,3-6H,2H2. The molecule has 0 amide bonds. The lowest BCUT2D eigenvalue weighted by Gasteiger charge is -2.11. The van der Waals surface area contributed by atoms with Crippen molar-refractivity contribution in [3.63, 3.8) is 0 Å². The lowest BCUT2D eigenvalue weighted by molar-refractivity contribution is -0.464. The summed E-state index contributed by atoms with van der Waals surface area (Å²) in [6.45, 7) is 0. The molecule has 2 rings (SSSR count). The minimum absolute atomic E-state index is 0.0805. The highest BCUT2D eigenvalue weighted by atomic mass is 16.6. The fourth-order valence-corrected chi connectivity index (χ4v) is 2.30. The van der Waals surface area contributed by atoms with Gasteiger partial charge in [0, 0.05) is 6.07 Å². The second kappa shape index (κ2) is 6.20. The van der Waals surface area contributed by atoms with Crippen molar-refractivity contribution in [2.75, 3.05) is 0 Å². The van der Waals surface area contributed by atoms with E-state index in [1.165, 1.54) is 6.08 Å². The van der Waals surface area contributed by atoms with Crippen LogP contribution in [-0.4, -0.2) is 19.7 Å². The smallest absolute Gasteiger partial charge is 0.258 e. The van der Waals surface area contributed by atoms with Gasteiger partial charge in [-0.15, -0.1) is 0 Å². The van der Waals surface area contributed by atoms with Gasteiger partial charge in [0.25, 0.3) is 0 Å². The molecule has 0 saturated heterocycles. The first-order valence-corrected chi connectivity index (χ1v) is 6.24. The predicted octanol–water partition coefficient (Wildman–Crippen LogP) is 2.26. The first kappa shape index (κ1) is 16.7. The molecule has 0 atom stereocenters. The molecule has 0 aromatic heterocycles. The van der Waals surface area contributed by atoms with Crippen LogP contribution in [0.5, 0.6) is 0 Å². The van der Waals surface area contributed by atoms with Crippen molar-refractivity contribution in [1.82, 2.24) is 0 Å². The van der Waals surface area contributed by atoms with Gasteiger partial charge in [0.2, 0.25) is 0 Å². The molecule has 0 aliphatic heterocycles. The van der Waals surface area contributed by atoms with Gasteiger partial charge in [0.05, 0.1) is 37.3 Å². The molecule has 0 bridgehead atoms. The summed E-state index contributed by atoms with van der Waals surface area (Å²) in [5.41, 5.74) is -4.41. The third kappa shape index (κ3) is 2.79. The number of nitro benzene ring substituents is 2. The molecule has 1 aliphatic carbocycles. The summed E-state index contributed by atoms with van der Waals surface area (Å²) >= 11 is 0. The maximum atomic E-state index is 11.2. The highest BCUT2D eigenvalue weighted by molar-refractivity contribution is 5.86. The molecule has 0 spiro atoms. The maximum absolute atomic E-state index is 11.2. The van der Waals surface area contributed by atoms with Crippen LogP contribution in [0.15, 0.2) is 35.7 Å². The van der Waals surface area contributed by atoms with E-state index in [-0.39, 0.29) is 6.42 Å². The van der Waals surface area contributed by atoms with Crippen LogP contribution < -0.4 is 0 Å². The quantitative estimate of drug-likeness (QED) is 0.581. The second-order valence-corrected chi connectivity index (χ2v) is 4.49. The molecule has 1 aromatic rings. The van der Waals surface area contributed by atoms with Gasteiger partial charge in [-0.3, -0.25) is 40.5 Å². The monoisotopic (exact) mass is 335 g/mol. The molecule has 0 N–H and O–H groups in total. The SMILES string of the molecule is O=[N+]([O-])C1=C([N+](=O)[O-])C(c2cccc([N+](=O)[O-])c2[N+](=O)[O-])=CC[CH]1. The Bertz CT molecular complexity index is 841. The third-order valence-electron chi connectivity index (χ3n) is 3.19. The average molecular weight is 335 g/mol. The Hall–Kier alpha value is -3.70. The van der Waals surface area contributed by atoms with E-state index in [4.69, 9.17) is 0 Å². The second-order valence-electron chi connectivity index (χ2n) is 4.49. The van der Waals surface area contributed by atoms with Gasteiger partial charge in [-0.1, -0.05) is 12.1 Å². The molecule has 0 saturated carbocycles. The van der Waals surface area contributed by atoms with Gasteiger partial charge >= 0.3 is 22.8 Å². The van der Waals surface area contributed by atoms with Crippen molar-refractivity contribution in [1.29, 1.82) is 0 Å². The van der Waals surface area contributed by atoms with Gasteiger partial charge in [0.15, 0.2) is 0 Å². The summed E-state index contributed by atoms with van der Waals surface area (Å²) in [5.74, 6) is 0. The number of allylic oxidation sites excluding steroid dienone is 3. The molecule has 1 radical (unpaired) electrons. The van der Waals surface area contributed by atoms with E-state index in [1.54, 1.807) is 0 Å². The van der Waals surface area contributed by atoms with Gasteiger partial charge in [-0.2, -0.15) is 0 Å². The predicted molar refractivity (Wildman–Crippen MR) is 77.7 cm³/mol. The largest absolute Gasteiger partial charge is 0.354 e. The Kier molecular flexibility index (Phi) is 4.30. The summed E-state index contributed by atoms with van der Waals surface area (Å²) in [6, 6.07) is 3.06. The van der Waals surface area contributed by atoms with E-state index < -0.39 is 53.6 Å². The Morgan fingerprint density at radius 1 is 0.833 bits per heavy atom.